The van der Waals surface area contributed by atoms with E-state index in [1.807, 2.05) is 49.1 Å². The van der Waals surface area contributed by atoms with Crippen molar-refractivity contribution >= 4 is 24.0 Å². The van der Waals surface area contributed by atoms with Crippen molar-refractivity contribution in [3.05, 3.63) is 35.9 Å². The summed E-state index contributed by atoms with van der Waals surface area (Å²) < 4.78 is 5.26. The number of amides is 3. The number of aldehydes is 1. The molecule has 0 saturated carbocycles. The van der Waals surface area contributed by atoms with E-state index in [0.717, 1.165) is 31.1 Å². The Morgan fingerprint density at radius 3 is 2.24 bits per heavy atom. The number of unbranched alkanes of at least 4 members (excludes halogenated alkanes) is 3. The third-order valence-corrected chi connectivity index (χ3v) is 5.96. The van der Waals surface area contributed by atoms with Crippen LogP contribution in [0.15, 0.2) is 30.3 Å². The van der Waals surface area contributed by atoms with Gasteiger partial charge >= 0.3 is 0 Å². The molecule has 0 aliphatic carbocycles. The lowest BCUT2D eigenvalue weighted by Gasteiger charge is -2.26. The smallest absolute Gasteiger partial charge is 0.243 e. The number of nitrogens with zero attached hydrogens (tertiary/aromatic N) is 1. The first-order chi connectivity index (χ1) is 16.4. The minimum atomic E-state index is -0.697. The Morgan fingerprint density at radius 1 is 0.971 bits per heavy atom. The van der Waals surface area contributed by atoms with Crippen molar-refractivity contribution in [2.45, 2.75) is 70.9 Å². The van der Waals surface area contributed by atoms with E-state index in [-0.39, 0.29) is 23.6 Å². The van der Waals surface area contributed by atoms with E-state index in [9.17, 15) is 19.2 Å². The fourth-order valence-corrected chi connectivity index (χ4v) is 3.94. The largest absolute Gasteiger partial charge is 0.378 e. The van der Waals surface area contributed by atoms with Gasteiger partial charge in [-0.25, -0.2) is 0 Å². The highest BCUT2D eigenvalue weighted by Gasteiger charge is 2.26. The summed E-state index contributed by atoms with van der Waals surface area (Å²) in [6.45, 7) is 6.29. The molecule has 1 heterocycles. The molecule has 1 aromatic rings. The second kappa shape index (κ2) is 15.2. The number of carbonyl (C=O) groups is 4. The molecule has 188 valence electrons. The Bertz CT molecular complexity index is 778. The van der Waals surface area contributed by atoms with Crippen molar-refractivity contribution < 1.29 is 23.9 Å². The first-order valence-electron chi connectivity index (χ1n) is 12.3. The zero-order valence-electron chi connectivity index (χ0n) is 20.5. The van der Waals surface area contributed by atoms with E-state index in [0.29, 0.717) is 52.0 Å². The number of morpholine rings is 1. The number of rotatable bonds is 14. The molecule has 1 aromatic carbocycles. The van der Waals surface area contributed by atoms with Gasteiger partial charge in [0.15, 0.2) is 0 Å². The van der Waals surface area contributed by atoms with Crippen LogP contribution >= 0.6 is 0 Å². The lowest BCUT2D eigenvalue weighted by molar-refractivity contribution is -0.135. The molecule has 8 nitrogen and oxygen atoms in total. The van der Waals surface area contributed by atoms with Crippen LogP contribution in [0.25, 0.3) is 0 Å². The molecule has 1 fully saturated rings. The molecular weight excluding hydrogens is 434 g/mol. The zero-order valence-corrected chi connectivity index (χ0v) is 20.5. The lowest BCUT2D eigenvalue weighted by Crippen LogP contribution is -2.52. The van der Waals surface area contributed by atoms with Crippen LogP contribution in [0.5, 0.6) is 0 Å². The van der Waals surface area contributed by atoms with Crippen LogP contribution in [-0.2, 0) is 30.3 Å². The third-order valence-electron chi connectivity index (χ3n) is 5.96. The Morgan fingerprint density at radius 2 is 1.62 bits per heavy atom. The molecule has 2 rings (SSSR count). The Hall–Kier alpha value is -2.74. The van der Waals surface area contributed by atoms with Crippen molar-refractivity contribution in [2.75, 3.05) is 26.3 Å². The van der Waals surface area contributed by atoms with Gasteiger partial charge in [0.1, 0.15) is 12.3 Å². The van der Waals surface area contributed by atoms with Crippen LogP contribution in [0.2, 0.25) is 0 Å². The monoisotopic (exact) mass is 473 g/mol. The van der Waals surface area contributed by atoms with Crippen LogP contribution in [0.3, 0.4) is 0 Å². The van der Waals surface area contributed by atoms with Gasteiger partial charge in [-0.3, -0.25) is 14.4 Å². The van der Waals surface area contributed by atoms with Gasteiger partial charge in [0.25, 0.3) is 0 Å². The molecule has 1 aliphatic heterocycles. The highest BCUT2D eigenvalue weighted by molar-refractivity contribution is 5.89. The second-order valence-electron chi connectivity index (χ2n) is 9.14. The van der Waals surface area contributed by atoms with Gasteiger partial charge in [-0.05, 0) is 30.7 Å². The van der Waals surface area contributed by atoms with E-state index in [1.165, 1.54) is 0 Å². The summed E-state index contributed by atoms with van der Waals surface area (Å²) in [5, 5.41) is 5.58. The highest BCUT2D eigenvalue weighted by atomic mass is 16.5. The summed E-state index contributed by atoms with van der Waals surface area (Å²) in [6, 6.07) is 8.14. The molecule has 2 N–H and O–H groups in total. The Balaban J connectivity index is 1.67. The first-order valence-corrected chi connectivity index (χ1v) is 12.3. The summed E-state index contributed by atoms with van der Waals surface area (Å²) in [6.07, 6.45) is 5.25. The van der Waals surface area contributed by atoms with Gasteiger partial charge in [-0.1, -0.05) is 57.0 Å². The van der Waals surface area contributed by atoms with Crippen LogP contribution in [-0.4, -0.2) is 67.3 Å². The maximum absolute atomic E-state index is 12.8. The second-order valence-corrected chi connectivity index (χ2v) is 9.14. The van der Waals surface area contributed by atoms with E-state index in [4.69, 9.17) is 4.74 Å². The number of ether oxygens (including phenoxy) is 1. The molecule has 0 bridgehead atoms. The van der Waals surface area contributed by atoms with Crippen LogP contribution in [0, 0.1) is 5.92 Å². The number of hydrogen-bond donors (Lipinski definition) is 2. The van der Waals surface area contributed by atoms with Gasteiger partial charge in [0, 0.05) is 25.9 Å². The van der Waals surface area contributed by atoms with Crippen molar-refractivity contribution in [2.24, 2.45) is 5.92 Å². The quantitative estimate of drug-likeness (QED) is 0.319. The van der Waals surface area contributed by atoms with Crippen LogP contribution < -0.4 is 10.6 Å². The van der Waals surface area contributed by atoms with Crippen molar-refractivity contribution in [1.29, 1.82) is 0 Å². The lowest BCUT2D eigenvalue weighted by atomic mass is 10.0. The van der Waals surface area contributed by atoms with Crippen molar-refractivity contribution in [3.63, 3.8) is 0 Å². The minimum absolute atomic E-state index is 0.112. The third kappa shape index (κ3) is 10.0. The minimum Gasteiger partial charge on any atom is -0.378 e. The molecule has 0 radical (unpaired) electrons. The van der Waals surface area contributed by atoms with E-state index < -0.39 is 12.1 Å². The topological polar surface area (TPSA) is 105 Å². The number of hydrogen-bond acceptors (Lipinski definition) is 5. The molecule has 2 atom stereocenters. The average Bonchev–Trinajstić information content (AvgIpc) is 2.84. The summed E-state index contributed by atoms with van der Waals surface area (Å²) in [7, 11) is 0. The SMILES string of the molecule is CC(C)[C@H](NC(=O)CCCCCCC(=O)N1CCOCC1)C(=O)NC(C=O)Cc1ccccc1. The fraction of sp³-hybridized carbons (Fsp3) is 0.615. The van der Waals surface area contributed by atoms with Crippen LogP contribution in [0.1, 0.15) is 57.9 Å². The molecule has 34 heavy (non-hydrogen) atoms. The average molecular weight is 474 g/mol. The van der Waals surface area contributed by atoms with Gasteiger partial charge < -0.3 is 25.1 Å². The number of benzene rings is 1. The van der Waals surface area contributed by atoms with Crippen LogP contribution in [0.4, 0.5) is 0 Å². The molecule has 1 saturated heterocycles. The predicted octanol–water partition coefficient (Wildman–Crippen LogP) is 2.25. The molecule has 1 aliphatic rings. The normalized spacial score (nSPS) is 15.4. The highest BCUT2D eigenvalue weighted by Crippen LogP contribution is 2.10. The maximum atomic E-state index is 12.8. The summed E-state index contributed by atoms with van der Waals surface area (Å²) in [4.78, 5) is 50.7. The molecule has 0 spiro atoms. The number of carbonyl (C=O) groups excluding carboxylic acids is 4. The summed E-state index contributed by atoms with van der Waals surface area (Å²) in [5.41, 5.74) is 0.955. The van der Waals surface area contributed by atoms with Gasteiger partial charge in [-0.2, -0.15) is 0 Å². The molecular formula is C26H39N3O5. The molecule has 8 heteroatoms. The molecule has 1 unspecified atom stereocenters. The summed E-state index contributed by atoms with van der Waals surface area (Å²) in [5.74, 6) is -0.464. The van der Waals surface area contributed by atoms with Crippen molar-refractivity contribution in [1.82, 2.24) is 15.5 Å². The van der Waals surface area contributed by atoms with Crippen molar-refractivity contribution in [3.8, 4) is 0 Å². The summed E-state index contributed by atoms with van der Waals surface area (Å²) >= 11 is 0. The molecule has 0 aromatic heterocycles. The Labute approximate surface area is 202 Å². The predicted molar refractivity (Wildman–Crippen MR) is 130 cm³/mol. The van der Waals surface area contributed by atoms with Gasteiger partial charge in [0.05, 0.1) is 19.3 Å². The maximum Gasteiger partial charge on any atom is 0.243 e. The van der Waals surface area contributed by atoms with Gasteiger partial charge in [0.2, 0.25) is 17.7 Å². The van der Waals surface area contributed by atoms with E-state index in [2.05, 4.69) is 10.6 Å². The zero-order chi connectivity index (χ0) is 24.8. The molecule has 3 amide bonds. The standard InChI is InChI=1S/C26H39N3O5/c1-20(2)25(26(33)27-22(19-30)18-21-10-6-5-7-11-21)28-23(31)12-8-3-4-9-13-24(32)29-14-16-34-17-15-29/h5-7,10-11,19-20,22,25H,3-4,8-9,12-18H2,1-2H3,(H,27,33)(H,28,31)/t22?,25-/m0/s1. The fourth-order valence-electron chi connectivity index (χ4n) is 3.94. The number of nitrogens with one attached hydrogen (secondary N) is 2. The van der Waals surface area contributed by atoms with E-state index in [1.54, 1.807) is 0 Å². The van der Waals surface area contributed by atoms with E-state index >= 15 is 0 Å². The van der Waals surface area contributed by atoms with Gasteiger partial charge in [-0.15, -0.1) is 0 Å². The first kappa shape index (κ1) is 27.5. The Kier molecular flexibility index (Phi) is 12.3.